The quantitative estimate of drug-likeness (QED) is 0.0261. The maximum atomic E-state index is 12.7. The Kier molecular flexibility index (Phi) is 55.4. The molecule has 0 rings (SSSR count). The number of hydrogen-bond acceptors (Lipinski definition) is 6. The van der Waals surface area contributed by atoms with Gasteiger partial charge in [-0.1, -0.05) is 265 Å². The Morgan fingerprint density at radius 2 is 0.549 bits per heavy atom. The number of allylic oxidation sites excluding steroid dienone is 18. The molecule has 0 aromatic carbocycles. The van der Waals surface area contributed by atoms with Gasteiger partial charge in [0.15, 0.2) is 6.10 Å². The fraction of sp³-hybridized carbons (Fsp3) is 0.677. The van der Waals surface area contributed by atoms with Crippen molar-refractivity contribution >= 4 is 17.9 Å². The Bertz CT molecular complexity index is 1460. The van der Waals surface area contributed by atoms with Crippen molar-refractivity contribution < 1.29 is 28.6 Å². The van der Waals surface area contributed by atoms with Crippen molar-refractivity contribution in [3.63, 3.8) is 0 Å². The second-order valence-electron chi connectivity index (χ2n) is 19.2. The van der Waals surface area contributed by atoms with Gasteiger partial charge in [0.05, 0.1) is 0 Å². The van der Waals surface area contributed by atoms with E-state index < -0.39 is 6.10 Å². The van der Waals surface area contributed by atoms with Crippen LogP contribution >= 0.6 is 0 Å². The van der Waals surface area contributed by atoms with Crippen LogP contribution < -0.4 is 0 Å². The van der Waals surface area contributed by atoms with E-state index in [1.807, 2.05) is 0 Å². The van der Waals surface area contributed by atoms with Crippen LogP contribution in [-0.2, 0) is 28.6 Å². The lowest BCUT2D eigenvalue weighted by Crippen LogP contribution is -2.30. The molecule has 404 valence electrons. The Balaban J connectivity index is 4.05. The standard InChI is InChI=1S/C65H108O6/c1-4-7-10-13-15-17-19-21-22-23-24-25-26-27-28-29-30-31-32-33-34-35-36-37-38-39-40-41-42-44-45-47-49-52-55-58-64(67)70-61-62(60-69-63(66)57-54-51-12-9-6-3)71-65(68)59-56-53-50-48-46-43-20-18-16-14-11-8-5-2/h7,10,15,17,21-22,24-25,27-28,30-31,33-34,36-37,39-40,62H,4-6,8-9,11-14,16,18-20,23,26,29,32,35,38,41-61H2,1-3H3/b10-7-,17-15-,22-21-,25-24-,28-27-,31-30-,34-33-,37-36-,40-39-. The average molecular weight is 986 g/mol. The molecule has 1 unspecified atom stereocenters. The van der Waals surface area contributed by atoms with Crippen molar-refractivity contribution in [2.75, 3.05) is 13.2 Å². The molecule has 0 aliphatic rings. The summed E-state index contributed by atoms with van der Waals surface area (Å²) >= 11 is 0. The van der Waals surface area contributed by atoms with Gasteiger partial charge in [-0.2, -0.15) is 0 Å². The third kappa shape index (κ3) is 56.9. The molecule has 6 heteroatoms. The van der Waals surface area contributed by atoms with E-state index in [1.165, 1.54) is 96.3 Å². The molecule has 0 spiro atoms. The molecular formula is C65H108O6. The van der Waals surface area contributed by atoms with Crippen LogP contribution in [-0.4, -0.2) is 37.2 Å². The minimum Gasteiger partial charge on any atom is -0.462 e. The van der Waals surface area contributed by atoms with Crippen LogP contribution in [0.1, 0.15) is 265 Å². The van der Waals surface area contributed by atoms with Gasteiger partial charge in [-0.15, -0.1) is 0 Å². The van der Waals surface area contributed by atoms with Crippen LogP contribution in [0.3, 0.4) is 0 Å². The van der Waals surface area contributed by atoms with Crippen molar-refractivity contribution in [1.29, 1.82) is 0 Å². The molecule has 0 amide bonds. The SMILES string of the molecule is CC/C=C\C/C=C\C/C=C\C/C=C\C/C=C\C/C=C\C/C=C\C/C=C\C/C=C\CCCCCCCCCC(=O)OCC(COC(=O)CCCCCCC)OC(=O)CCCCCCCCCCCCCCC. The van der Waals surface area contributed by atoms with E-state index in [-0.39, 0.29) is 31.1 Å². The van der Waals surface area contributed by atoms with E-state index in [0.29, 0.717) is 19.3 Å². The number of rotatable bonds is 52. The molecule has 6 nitrogen and oxygen atoms in total. The zero-order valence-electron chi connectivity index (χ0n) is 46.2. The van der Waals surface area contributed by atoms with E-state index in [0.717, 1.165) is 128 Å². The fourth-order valence-electron chi connectivity index (χ4n) is 7.91. The van der Waals surface area contributed by atoms with E-state index in [1.54, 1.807) is 0 Å². The molecule has 0 N–H and O–H groups in total. The Labute approximate surface area is 438 Å². The highest BCUT2D eigenvalue weighted by Crippen LogP contribution is 2.15. The normalized spacial score (nSPS) is 12.9. The van der Waals surface area contributed by atoms with Gasteiger partial charge in [0, 0.05) is 19.3 Å². The minimum atomic E-state index is -0.776. The number of carbonyl (C=O) groups is 3. The van der Waals surface area contributed by atoms with E-state index in [2.05, 4.69) is 130 Å². The van der Waals surface area contributed by atoms with Gasteiger partial charge < -0.3 is 14.2 Å². The molecule has 0 aromatic rings. The van der Waals surface area contributed by atoms with E-state index >= 15 is 0 Å². The summed E-state index contributed by atoms with van der Waals surface area (Å²) in [6.45, 7) is 6.43. The first-order chi connectivity index (χ1) is 35.0. The molecule has 0 aliphatic heterocycles. The summed E-state index contributed by atoms with van der Waals surface area (Å²) in [4.78, 5) is 37.7. The van der Waals surface area contributed by atoms with Gasteiger partial charge in [-0.3, -0.25) is 14.4 Å². The first-order valence-corrected chi connectivity index (χ1v) is 29.4. The van der Waals surface area contributed by atoms with E-state index in [4.69, 9.17) is 14.2 Å². The highest BCUT2D eigenvalue weighted by Gasteiger charge is 2.19. The first kappa shape index (κ1) is 67.1. The van der Waals surface area contributed by atoms with Gasteiger partial charge in [-0.05, 0) is 89.9 Å². The zero-order chi connectivity index (χ0) is 51.4. The van der Waals surface area contributed by atoms with Crippen molar-refractivity contribution in [2.45, 2.75) is 271 Å². The first-order valence-electron chi connectivity index (χ1n) is 29.4. The summed E-state index contributed by atoms with van der Waals surface area (Å²) in [5.74, 6) is -0.904. The highest BCUT2D eigenvalue weighted by molar-refractivity contribution is 5.71. The molecule has 0 bridgehead atoms. The summed E-state index contributed by atoms with van der Waals surface area (Å²) in [6.07, 6.45) is 79.9. The smallest absolute Gasteiger partial charge is 0.306 e. The second-order valence-corrected chi connectivity index (χ2v) is 19.2. The summed E-state index contributed by atoms with van der Waals surface area (Å²) < 4.78 is 16.7. The summed E-state index contributed by atoms with van der Waals surface area (Å²) in [7, 11) is 0. The van der Waals surface area contributed by atoms with Crippen LogP contribution in [0, 0.1) is 0 Å². The van der Waals surface area contributed by atoms with Crippen LogP contribution in [0.4, 0.5) is 0 Å². The lowest BCUT2D eigenvalue weighted by molar-refractivity contribution is -0.167. The molecule has 71 heavy (non-hydrogen) atoms. The molecule has 0 aromatic heterocycles. The topological polar surface area (TPSA) is 78.9 Å². The minimum absolute atomic E-state index is 0.0800. The Morgan fingerprint density at radius 1 is 0.296 bits per heavy atom. The molecule has 0 saturated heterocycles. The third-order valence-corrected chi connectivity index (χ3v) is 12.3. The van der Waals surface area contributed by atoms with Gasteiger partial charge in [0.2, 0.25) is 0 Å². The van der Waals surface area contributed by atoms with Crippen molar-refractivity contribution in [3.05, 3.63) is 109 Å². The largest absolute Gasteiger partial charge is 0.462 e. The van der Waals surface area contributed by atoms with Crippen LogP contribution in [0.5, 0.6) is 0 Å². The maximum Gasteiger partial charge on any atom is 0.306 e. The summed E-state index contributed by atoms with van der Waals surface area (Å²) in [5, 5.41) is 0. The summed E-state index contributed by atoms with van der Waals surface area (Å²) in [5.41, 5.74) is 0. The van der Waals surface area contributed by atoms with Gasteiger partial charge in [0.25, 0.3) is 0 Å². The van der Waals surface area contributed by atoms with Gasteiger partial charge in [0.1, 0.15) is 13.2 Å². The molecular weight excluding hydrogens is 877 g/mol. The van der Waals surface area contributed by atoms with Gasteiger partial charge in [-0.25, -0.2) is 0 Å². The number of ether oxygens (including phenoxy) is 3. The van der Waals surface area contributed by atoms with Crippen molar-refractivity contribution in [1.82, 2.24) is 0 Å². The Morgan fingerprint density at radius 3 is 0.859 bits per heavy atom. The molecule has 0 saturated carbocycles. The fourth-order valence-corrected chi connectivity index (χ4v) is 7.91. The number of esters is 3. The molecule has 1 atom stereocenters. The second kappa shape index (κ2) is 58.6. The molecule has 0 aliphatic carbocycles. The highest BCUT2D eigenvalue weighted by atomic mass is 16.6. The average Bonchev–Trinajstić information content (AvgIpc) is 3.37. The zero-order valence-corrected chi connectivity index (χ0v) is 46.2. The number of hydrogen-bond donors (Lipinski definition) is 0. The third-order valence-electron chi connectivity index (χ3n) is 12.3. The van der Waals surface area contributed by atoms with Crippen LogP contribution in [0.2, 0.25) is 0 Å². The van der Waals surface area contributed by atoms with Crippen LogP contribution in [0.25, 0.3) is 0 Å². The molecule has 0 radical (unpaired) electrons. The monoisotopic (exact) mass is 985 g/mol. The number of carbonyl (C=O) groups excluding carboxylic acids is 3. The van der Waals surface area contributed by atoms with Crippen LogP contribution in [0.15, 0.2) is 109 Å². The number of unbranched alkanes of at least 4 members (excludes halogenated alkanes) is 23. The Hall–Kier alpha value is -3.93. The lowest BCUT2D eigenvalue weighted by atomic mass is 10.0. The van der Waals surface area contributed by atoms with E-state index in [9.17, 15) is 14.4 Å². The lowest BCUT2D eigenvalue weighted by Gasteiger charge is -2.18. The van der Waals surface area contributed by atoms with Crippen molar-refractivity contribution in [3.8, 4) is 0 Å². The summed E-state index contributed by atoms with van der Waals surface area (Å²) in [6, 6.07) is 0. The van der Waals surface area contributed by atoms with Crippen molar-refractivity contribution in [2.24, 2.45) is 0 Å². The predicted molar refractivity (Wildman–Crippen MR) is 307 cm³/mol. The molecule has 0 heterocycles. The van der Waals surface area contributed by atoms with Gasteiger partial charge >= 0.3 is 17.9 Å². The predicted octanol–water partition coefficient (Wildman–Crippen LogP) is 19.9. The molecule has 0 fully saturated rings. The maximum absolute atomic E-state index is 12.7.